The van der Waals surface area contributed by atoms with Crippen molar-refractivity contribution in [2.75, 3.05) is 0 Å². The lowest BCUT2D eigenvalue weighted by molar-refractivity contribution is -0.137. The van der Waals surface area contributed by atoms with Crippen molar-refractivity contribution in [3.8, 4) is 6.07 Å². The van der Waals surface area contributed by atoms with Gasteiger partial charge in [-0.15, -0.1) is 0 Å². The third-order valence-electron chi connectivity index (χ3n) is 6.43. The summed E-state index contributed by atoms with van der Waals surface area (Å²) in [5.41, 5.74) is -2.10. The first kappa shape index (κ1) is 26.4. The number of aromatic nitrogens is 1. The topological polar surface area (TPSA) is 77.8 Å². The van der Waals surface area contributed by atoms with Gasteiger partial charge in [-0.25, -0.2) is 9.18 Å². The number of nitrogens with zero attached hydrogens (tertiary/aromatic N) is 2. The number of halogens is 5. The Hall–Kier alpha value is -3.64. The van der Waals surface area contributed by atoms with Gasteiger partial charge in [0.2, 0.25) is 0 Å². The van der Waals surface area contributed by atoms with Gasteiger partial charge in [0.15, 0.2) is 0 Å². The van der Waals surface area contributed by atoms with E-state index in [0.29, 0.717) is 17.2 Å². The fourth-order valence-corrected chi connectivity index (χ4v) is 4.80. The van der Waals surface area contributed by atoms with Crippen molar-refractivity contribution >= 4 is 17.6 Å². The van der Waals surface area contributed by atoms with Gasteiger partial charge in [-0.3, -0.25) is 4.98 Å². The Kier molecular flexibility index (Phi) is 7.69. The van der Waals surface area contributed by atoms with E-state index < -0.39 is 29.1 Å². The molecular weight excluding hydrogens is 508 g/mol. The summed E-state index contributed by atoms with van der Waals surface area (Å²) in [5.74, 6) is -1.12. The van der Waals surface area contributed by atoms with E-state index in [2.05, 4.69) is 15.6 Å². The van der Waals surface area contributed by atoms with Crippen LogP contribution in [0.2, 0.25) is 5.02 Å². The molecule has 1 heterocycles. The standard InChI is InChI=1S/C27H23ClF4N4O/c28-21-8-9-24(34-16-21)26(14-17-4-3-5-18(10-17)15-33,36-25(37)35-23-6-1-2-7-23)19-11-20(27(30,31)32)13-22(29)12-19/h3-5,8-13,16,23H,1-2,6-7,14H2,(H2,35,36,37)/t26-/m0/s1. The van der Waals surface area contributed by atoms with Crippen molar-refractivity contribution in [1.29, 1.82) is 5.26 Å². The second-order valence-electron chi connectivity index (χ2n) is 9.06. The molecule has 5 nitrogen and oxygen atoms in total. The third-order valence-corrected chi connectivity index (χ3v) is 6.65. The molecule has 1 fully saturated rings. The predicted molar refractivity (Wildman–Crippen MR) is 130 cm³/mol. The quantitative estimate of drug-likeness (QED) is 0.357. The Morgan fingerprint density at radius 1 is 1.08 bits per heavy atom. The Bertz CT molecular complexity index is 1320. The van der Waals surface area contributed by atoms with Gasteiger partial charge in [-0.2, -0.15) is 18.4 Å². The molecule has 2 amide bonds. The third kappa shape index (κ3) is 6.20. The first-order valence-electron chi connectivity index (χ1n) is 11.7. The first-order valence-corrected chi connectivity index (χ1v) is 12.0. The van der Waals surface area contributed by atoms with E-state index in [-0.39, 0.29) is 28.7 Å². The van der Waals surface area contributed by atoms with Crippen LogP contribution in [0.4, 0.5) is 22.4 Å². The van der Waals surface area contributed by atoms with Crippen molar-refractivity contribution in [3.63, 3.8) is 0 Å². The molecule has 4 rings (SSSR count). The van der Waals surface area contributed by atoms with Crippen LogP contribution in [0.5, 0.6) is 0 Å². The van der Waals surface area contributed by atoms with E-state index >= 15 is 0 Å². The summed E-state index contributed by atoms with van der Waals surface area (Å²) in [6.45, 7) is 0. The average molecular weight is 531 g/mol. The molecular formula is C27H23ClF4N4O. The lowest BCUT2D eigenvalue weighted by atomic mass is 9.79. The van der Waals surface area contributed by atoms with Gasteiger partial charge in [0.1, 0.15) is 11.4 Å². The Balaban J connectivity index is 1.91. The number of nitrogens with one attached hydrogen (secondary N) is 2. The zero-order valence-electron chi connectivity index (χ0n) is 19.6. The van der Waals surface area contributed by atoms with Crippen LogP contribution in [0.15, 0.2) is 60.8 Å². The molecule has 1 aliphatic rings. The van der Waals surface area contributed by atoms with Crippen LogP contribution in [0.25, 0.3) is 0 Å². The van der Waals surface area contributed by atoms with Crippen LogP contribution in [-0.4, -0.2) is 17.1 Å². The van der Waals surface area contributed by atoms with E-state index in [4.69, 9.17) is 11.6 Å². The van der Waals surface area contributed by atoms with Gasteiger partial charge in [-0.05, 0) is 66.4 Å². The summed E-state index contributed by atoms with van der Waals surface area (Å²) in [5, 5.41) is 15.3. The van der Waals surface area contributed by atoms with Crippen LogP contribution >= 0.6 is 11.6 Å². The van der Waals surface area contributed by atoms with Crippen LogP contribution in [-0.2, 0) is 18.1 Å². The number of hydrogen-bond donors (Lipinski definition) is 2. The maximum absolute atomic E-state index is 14.7. The smallest absolute Gasteiger partial charge is 0.335 e. The van der Waals surface area contributed by atoms with Gasteiger partial charge in [0.05, 0.1) is 27.9 Å². The molecule has 0 saturated heterocycles. The molecule has 2 aromatic carbocycles. The van der Waals surface area contributed by atoms with Crippen molar-refractivity contribution in [1.82, 2.24) is 15.6 Å². The van der Waals surface area contributed by atoms with E-state index in [9.17, 15) is 27.6 Å². The minimum atomic E-state index is -4.83. The number of carbonyl (C=O) groups is 1. The SMILES string of the molecule is N#Cc1cccc(C[C@](NC(=O)NC2CCCC2)(c2cc(F)cc(C(F)(F)F)c2)c2ccc(Cl)cn2)c1. The summed E-state index contributed by atoms with van der Waals surface area (Å²) >= 11 is 6.03. The highest BCUT2D eigenvalue weighted by atomic mass is 35.5. The second kappa shape index (κ2) is 10.8. The number of pyridine rings is 1. The zero-order valence-corrected chi connectivity index (χ0v) is 20.3. The van der Waals surface area contributed by atoms with Gasteiger partial charge in [-0.1, -0.05) is 36.6 Å². The number of nitriles is 1. The summed E-state index contributed by atoms with van der Waals surface area (Å²) in [4.78, 5) is 17.6. The minimum Gasteiger partial charge on any atom is -0.335 e. The van der Waals surface area contributed by atoms with E-state index in [0.717, 1.165) is 37.8 Å². The maximum Gasteiger partial charge on any atom is 0.416 e. The zero-order chi connectivity index (χ0) is 26.6. The van der Waals surface area contributed by atoms with Gasteiger partial charge >= 0.3 is 12.2 Å². The molecule has 0 bridgehead atoms. The average Bonchev–Trinajstić information content (AvgIpc) is 3.36. The van der Waals surface area contributed by atoms with E-state index in [1.807, 2.05) is 6.07 Å². The second-order valence-corrected chi connectivity index (χ2v) is 9.50. The molecule has 2 N–H and O–H groups in total. The summed E-state index contributed by atoms with van der Waals surface area (Å²) in [6, 6.07) is 12.9. The van der Waals surface area contributed by atoms with Crippen molar-refractivity contribution in [3.05, 3.63) is 99.6 Å². The van der Waals surface area contributed by atoms with Crippen molar-refractivity contribution in [2.45, 2.75) is 49.9 Å². The highest BCUT2D eigenvalue weighted by molar-refractivity contribution is 6.30. The molecule has 1 aliphatic carbocycles. The molecule has 3 aromatic rings. The maximum atomic E-state index is 14.7. The van der Waals surface area contributed by atoms with Gasteiger partial charge < -0.3 is 10.6 Å². The van der Waals surface area contributed by atoms with Crippen LogP contribution in [0.1, 0.15) is 53.6 Å². The Labute approximate surface area is 216 Å². The molecule has 0 spiro atoms. The highest BCUT2D eigenvalue weighted by Crippen LogP contribution is 2.38. The molecule has 10 heteroatoms. The molecule has 1 saturated carbocycles. The Morgan fingerprint density at radius 2 is 1.81 bits per heavy atom. The summed E-state index contributed by atoms with van der Waals surface area (Å²) < 4.78 is 55.8. The summed E-state index contributed by atoms with van der Waals surface area (Å²) in [6.07, 6.45) is -0.177. The fraction of sp³-hybridized carbons (Fsp3) is 0.296. The molecule has 192 valence electrons. The van der Waals surface area contributed by atoms with Crippen LogP contribution < -0.4 is 10.6 Å². The Morgan fingerprint density at radius 3 is 2.46 bits per heavy atom. The van der Waals surface area contributed by atoms with Crippen molar-refractivity contribution in [2.24, 2.45) is 0 Å². The molecule has 0 radical (unpaired) electrons. The van der Waals surface area contributed by atoms with Crippen molar-refractivity contribution < 1.29 is 22.4 Å². The van der Waals surface area contributed by atoms with Crippen LogP contribution in [0.3, 0.4) is 0 Å². The number of alkyl halides is 3. The number of hydrogen-bond acceptors (Lipinski definition) is 3. The normalized spacial score (nSPS) is 15.6. The first-order chi connectivity index (χ1) is 17.6. The van der Waals surface area contributed by atoms with Gasteiger partial charge in [0.25, 0.3) is 0 Å². The molecule has 0 unspecified atom stereocenters. The highest BCUT2D eigenvalue weighted by Gasteiger charge is 2.41. The lowest BCUT2D eigenvalue weighted by Crippen LogP contribution is -2.54. The number of benzene rings is 2. The molecule has 37 heavy (non-hydrogen) atoms. The summed E-state index contributed by atoms with van der Waals surface area (Å²) in [7, 11) is 0. The number of carbonyl (C=O) groups excluding carboxylic acids is 1. The lowest BCUT2D eigenvalue weighted by Gasteiger charge is -2.36. The number of urea groups is 1. The van der Waals surface area contributed by atoms with Crippen LogP contribution in [0, 0.1) is 17.1 Å². The van der Waals surface area contributed by atoms with E-state index in [1.165, 1.54) is 18.3 Å². The fourth-order valence-electron chi connectivity index (χ4n) is 4.69. The molecule has 1 aromatic heterocycles. The van der Waals surface area contributed by atoms with Gasteiger partial charge in [0, 0.05) is 18.7 Å². The number of amides is 2. The predicted octanol–water partition coefficient (Wildman–Crippen LogP) is 6.49. The molecule has 1 atom stereocenters. The molecule has 0 aliphatic heterocycles. The van der Waals surface area contributed by atoms with E-state index in [1.54, 1.807) is 24.3 Å². The largest absolute Gasteiger partial charge is 0.416 e. The minimum absolute atomic E-state index is 0.0870. The number of rotatable bonds is 6. The monoisotopic (exact) mass is 530 g/mol.